The summed E-state index contributed by atoms with van der Waals surface area (Å²) in [6.45, 7) is 2.14. The quantitative estimate of drug-likeness (QED) is 0.847. The van der Waals surface area contributed by atoms with Crippen LogP contribution in [0.2, 0.25) is 0 Å². The van der Waals surface area contributed by atoms with E-state index >= 15 is 0 Å². The molecule has 1 aliphatic carbocycles. The number of hydroxylamine groups is 3. The first-order valence-corrected chi connectivity index (χ1v) is 9.39. The number of ether oxygens (including phenoxy) is 1. The third-order valence-corrected chi connectivity index (χ3v) is 5.49. The van der Waals surface area contributed by atoms with E-state index in [0.717, 1.165) is 37.4 Å². The van der Waals surface area contributed by atoms with Crippen molar-refractivity contribution in [2.45, 2.75) is 31.6 Å². The number of hydrogen-bond acceptors (Lipinski definition) is 5. The van der Waals surface area contributed by atoms with Crippen LogP contribution in [0.4, 0.5) is 0 Å². The summed E-state index contributed by atoms with van der Waals surface area (Å²) in [5.41, 5.74) is 8.05. The van der Waals surface area contributed by atoms with Crippen molar-refractivity contribution in [2.24, 2.45) is 0 Å². The molecule has 2 heterocycles. The molecule has 0 spiro atoms. The first-order chi connectivity index (χ1) is 12.7. The smallest absolute Gasteiger partial charge is 0.122 e. The Balaban J connectivity index is 1.36. The van der Waals surface area contributed by atoms with Crippen LogP contribution in [-0.2, 0) is 11.4 Å². The molecule has 1 N–H and O–H groups in total. The number of fused-ring (bicyclic) bond motifs is 2. The van der Waals surface area contributed by atoms with Crippen molar-refractivity contribution in [1.29, 1.82) is 0 Å². The SMILES string of the molecule is COc1cccc2c1CCCC2CN(C)CCC1=CC2=CNON2C=C1. The van der Waals surface area contributed by atoms with Gasteiger partial charge in [-0.05, 0) is 73.6 Å². The summed E-state index contributed by atoms with van der Waals surface area (Å²) < 4.78 is 5.57. The molecule has 0 saturated heterocycles. The molecule has 0 fully saturated rings. The van der Waals surface area contributed by atoms with Crippen molar-refractivity contribution in [1.82, 2.24) is 15.4 Å². The summed E-state index contributed by atoms with van der Waals surface area (Å²) in [4.78, 5) is 7.68. The van der Waals surface area contributed by atoms with Crippen molar-refractivity contribution in [2.75, 3.05) is 27.2 Å². The van der Waals surface area contributed by atoms with Gasteiger partial charge in [0.05, 0.1) is 19.0 Å². The number of nitrogens with zero attached hydrogens (tertiary/aromatic N) is 2. The molecule has 0 saturated carbocycles. The molecule has 26 heavy (non-hydrogen) atoms. The Hall–Kier alpha value is -2.24. The van der Waals surface area contributed by atoms with Gasteiger partial charge in [0.1, 0.15) is 5.75 Å². The normalized spacial score (nSPS) is 21.0. The topological polar surface area (TPSA) is 37.0 Å². The summed E-state index contributed by atoms with van der Waals surface area (Å²) in [6.07, 6.45) is 12.8. The molecule has 5 heteroatoms. The molecule has 3 aliphatic rings. The molecule has 0 bridgehead atoms. The lowest BCUT2D eigenvalue weighted by molar-refractivity contribution is -0.112. The van der Waals surface area contributed by atoms with Crippen molar-refractivity contribution in [3.63, 3.8) is 0 Å². The first-order valence-electron chi connectivity index (χ1n) is 9.39. The zero-order chi connectivity index (χ0) is 17.9. The second kappa shape index (κ2) is 7.56. The Morgan fingerprint density at radius 1 is 1.38 bits per heavy atom. The summed E-state index contributed by atoms with van der Waals surface area (Å²) in [6, 6.07) is 6.51. The van der Waals surface area contributed by atoms with Crippen LogP contribution in [-0.4, -0.2) is 37.2 Å². The van der Waals surface area contributed by atoms with E-state index < -0.39 is 0 Å². The monoisotopic (exact) mass is 353 g/mol. The maximum atomic E-state index is 5.57. The van der Waals surface area contributed by atoms with Gasteiger partial charge in [-0.1, -0.05) is 12.1 Å². The van der Waals surface area contributed by atoms with Gasteiger partial charge in [-0.15, -0.1) is 0 Å². The van der Waals surface area contributed by atoms with Gasteiger partial charge in [-0.3, -0.25) is 0 Å². The van der Waals surface area contributed by atoms with Crippen LogP contribution >= 0.6 is 0 Å². The summed E-state index contributed by atoms with van der Waals surface area (Å²) in [5.74, 6) is 1.65. The van der Waals surface area contributed by atoms with Crippen molar-refractivity contribution < 1.29 is 9.68 Å². The van der Waals surface area contributed by atoms with Gasteiger partial charge < -0.3 is 9.64 Å². The summed E-state index contributed by atoms with van der Waals surface area (Å²) >= 11 is 0. The predicted molar refractivity (Wildman–Crippen MR) is 102 cm³/mol. The Morgan fingerprint density at radius 3 is 3.19 bits per heavy atom. The Bertz CT molecular complexity index is 754. The Labute approximate surface area is 155 Å². The molecule has 138 valence electrons. The molecule has 2 aliphatic heterocycles. The first kappa shape index (κ1) is 17.2. The van der Waals surface area contributed by atoms with E-state index in [4.69, 9.17) is 9.68 Å². The molecule has 0 radical (unpaired) electrons. The largest absolute Gasteiger partial charge is 0.496 e. The van der Waals surface area contributed by atoms with Crippen molar-refractivity contribution >= 4 is 0 Å². The molecule has 5 nitrogen and oxygen atoms in total. The maximum absolute atomic E-state index is 5.57. The van der Waals surface area contributed by atoms with Crippen molar-refractivity contribution in [3.8, 4) is 5.75 Å². The van der Waals surface area contributed by atoms with Crippen LogP contribution in [0.5, 0.6) is 5.75 Å². The lowest BCUT2D eigenvalue weighted by Crippen LogP contribution is -2.28. The van der Waals surface area contributed by atoms with Gasteiger partial charge in [-0.25, -0.2) is 10.5 Å². The third-order valence-electron chi connectivity index (χ3n) is 5.49. The van der Waals surface area contributed by atoms with Crippen molar-refractivity contribution in [3.05, 3.63) is 65.1 Å². The molecular weight excluding hydrogens is 326 g/mol. The number of nitrogens with one attached hydrogen (secondary N) is 1. The fourth-order valence-corrected chi connectivity index (χ4v) is 4.12. The highest BCUT2D eigenvalue weighted by atomic mass is 16.8. The van der Waals surface area contributed by atoms with Gasteiger partial charge in [0.15, 0.2) is 0 Å². The van der Waals surface area contributed by atoms with E-state index in [0.29, 0.717) is 5.92 Å². The number of allylic oxidation sites excluding steroid dienone is 2. The number of likely N-dealkylation sites (N-methyl/N-ethyl adjacent to an activating group) is 1. The molecule has 1 unspecified atom stereocenters. The highest BCUT2D eigenvalue weighted by Crippen LogP contribution is 2.37. The fraction of sp³-hybridized carbons (Fsp3) is 0.429. The summed E-state index contributed by atoms with van der Waals surface area (Å²) in [5, 5.41) is 1.74. The van der Waals surface area contributed by atoms with Crippen LogP contribution < -0.4 is 10.2 Å². The zero-order valence-corrected chi connectivity index (χ0v) is 15.6. The minimum atomic E-state index is 0.598. The van der Waals surface area contributed by atoms with Gasteiger partial charge in [0.25, 0.3) is 0 Å². The second-order valence-electron chi connectivity index (χ2n) is 7.27. The number of rotatable bonds is 6. The molecule has 1 aromatic rings. The van der Waals surface area contributed by atoms with E-state index in [1.165, 1.54) is 29.5 Å². The average Bonchev–Trinajstić information content (AvgIpc) is 3.14. The van der Waals surface area contributed by atoms with Gasteiger partial charge in [0, 0.05) is 19.3 Å². The van der Waals surface area contributed by atoms with Crippen LogP contribution in [0.15, 0.2) is 54.0 Å². The van der Waals surface area contributed by atoms with E-state index in [2.05, 4.69) is 47.8 Å². The maximum Gasteiger partial charge on any atom is 0.122 e. The predicted octanol–water partition coefficient (Wildman–Crippen LogP) is 3.48. The molecular formula is C21H27N3O2. The minimum absolute atomic E-state index is 0.598. The second-order valence-corrected chi connectivity index (χ2v) is 7.27. The molecule has 1 aromatic carbocycles. The summed E-state index contributed by atoms with van der Waals surface area (Å²) in [7, 11) is 4.01. The zero-order valence-electron chi connectivity index (χ0n) is 15.6. The van der Waals surface area contributed by atoms with E-state index in [1.807, 2.05) is 12.4 Å². The van der Waals surface area contributed by atoms with Crippen LogP contribution in [0.25, 0.3) is 0 Å². The van der Waals surface area contributed by atoms with Gasteiger partial charge in [-0.2, -0.15) is 4.94 Å². The van der Waals surface area contributed by atoms with Crippen LogP contribution in [0.1, 0.15) is 36.3 Å². The van der Waals surface area contributed by atoms with Crippen LogP contribution in [0, 0.1) is 0 Å². The molecule has 1 atom stereocenters. The van der Waals surface area contributed by atoms with E-state index in [-0.39, 0.29) is 0 Å². The average molecular weight is 353 g/mol. The Kier molecular flexibility index (Phi) is 5.00. The Morgan fingerprint density at radius 2 is 2.31 bits per heavy atom. The number of hydrogen-bond donors (Lipinski definition) is 1. The number of methoxy groups -OCH3 is 1. The molecule has 0 aromatic heterocycles. The molecule has 4 rings (SSSR count). The van der Waals surface area contributed by atoms with Gasteiger partial charge >= 0.3 is 0 Å². The number of benzene rings is 1. The van der Waals surface area contributed by atoms with Crippen LogP contribution in [0.3, 0.4) is 0 Å². The third kappa shape index (κ3) is 3.50. The fourth-order valence-electron chi connectivity index (χ4n) is 4.12. The molecule has 0 amide bonds. The lowest BCUT2D eigenvalue weighted by atomic mass is 9.82. The highest BCUT2D eigenvalue weighted by molar-refractivity contribution is 5.43. The van der Waals surface area contributed by atoms with E-state index in [1.54, 1.807) is 12.2 Å². The van der Waals surface area contributed by atoms with E-state index in [9.17, 15) is 0 Å². The standard InChI is InChI=1S/C21H27N3O2/c1-23(11-9-16-10-12-24-18(13-16)14-22-26-24)15-17-5-3-7-20-19(17)6-4-8-21(20)25-2/h4,6,8,10,12-14,17,22H,3,5,7,9,11,15H2,1-2H3. The lowest BCUT2D eigenvalue weighted by Gasteiger charge is -2.30. The van der Waals surface area contributed by atoms with Gasteiger partial charge in [0.2, 0.25) is 0 Å². The minimum Gasteiger partial charge on any atom is -0.496 e. The highest BCUT2D eigenvalue weighted by Gasteiger charge is 2.24.